The zero-order valence-corrected chi connectivity index (χ0v) is 15.0. The minimum absolute atomic E-state index is 0.178. The molecule has 1 saturated carbocycles. The number of aromatic nitrogens is 2. The second-order valence-electron chi connectivity index (χ2n) is 6.09. The minimum atomic E-state index is -4.15. The fraction of sp³-hybridized carbons (Fsp3) is 0.412. The first kappa shape index (κ1) is 14.9. The lowest BCUT2D eigenvalue weighted by Gasteiger charge is -2.18. The first-order valence-corrected chi connectivity index (χ1v) is 9.61. The molecule has 3 N–H and O–H groups in total. The Morgan fingerprint density at radius 1 is 1.31 bits per heavy atom. The predicted octanol–water partition coefficient (Wildman–Crippen LogP) is 1.73. The average molecular weight is 381 g/mol. The second kappa shape index (κ2) is 7.56. The Hall–Kier alpha value is -2.23. The molecule has 0 spiro atoms. The highest BCUT2D eigenvalue weighted by Gasteiger charge is 2.28. The van der Waals surface area contributed by atoms with Gasteiger partial charge in [-0.3, -0.25) is 0 Å². The molecule has 2 aromatic rings. The number of aryl methyl sites for hydroxylation is 1. The number of ether oxygens (including phenoxy) is 1. The van der Waals surface area contributed by atoms with Crippen molar-refractivity contribution in [1.29, 1.82) is 0 Å². The number of aliphatic hydroxyl groups excluding tert-OH is 1. The van der Waals surface area contributed by atoms with Crippen molar-refractivity contribution < 1.29 is 22.4 Å². The molecule has 0 aliphatic heterocycles. The van der Waals surface area contributed by atoms with Crippen LogP contribution < -0.4 is 14.8 Å². The Morgan fingerprint density at radius 3 is 2.73 bits per heavy atom. The molecule has 8 nitrogen and oxygen atoms in total. The molecule has 1 aliphatic rings. The van der Waals surface area contributed by atoms with Crippen LogP contribution in [0.5, 0.6) is 5.88 Å². The summed E-state index contributed by atoms with van der Waals surface area (Å²) in [6.45, 7) is -1.01. The molecule has 0 bridgehead atoms. The van der Waals surface area contributed by atoms with Gasteiger partial charge >= 0.3 is 0 Å². The van der Waals surface area contributed by atoms with Crippen LogP contribution in [0.2, 0.25) is 0 Å². The van der Waals surface area contributed by atoms with E-state index in [9.17, 15) is 13.5 Å². The molecule has 3 rings (SSSR count). The van der Waals surface area contributed by atoms with E-state index in [1.807, 2.05) is 0 Å². The van der Waals surface area contributed by atoms with Crippen molar-refractivity contribution in [3.8, 4) is 5.88 Å². The van der Waals surface area contributed by atoms with Gasteiger partial charge in [-0.2, -0.15) is 4.98 Å². The SMILES string of the molecule is [2H]C([2H])([2H])NS(=O)(=O)c1ccc(Nc2ncc(C)c(O[C@H]3CCC[C@H]3O)n2)cc1. The van der Waals surface area contributed by atoms with Crippen molar-refractivity contribution in [2.24, 2.45) is 0 Å². The maximum atomic E-state index is 12.0. The van der Waals surface area contributed by atoms with Gasteiger partial charge in [0.05, 0.1) is 11.0 Å². The summed E-state index contributed by atoms with van der Waals surface area (Å²) < 4.78 is 52.7. The van der Waals surface area contributed by atoms with Gasteiger partial charge in [-0.1, -0.05) is 0 Å². The predicted molar refractivity (Wildman–Crippen MR) is 97.0 cm³/mol. The summed E-state index contributed by atoms with van der Waals surface area (Å²) >= 11 is 0. The van der Waals surface area contributed by atoms with Gasteiger partial charge in [-0.25, -0.2) is 18.1 Å². The van der Waals surface area contributed by atoms with Gasteiger partial charge in [-0.05, 0) is 57.4 Å². The number of rotatable bonds is 6. The molecule has 1 aliphatic carbocycles. The van der Waals surface area contributed by atoms with Crippen LogP contribution in [0.15, 0.2) is 35.4 Å². The molecule has 26 heavy (non-hydrogen) atoms. The maximum absolute atomic E-state index is 12.0. The van der Waals surface area contributed by atoms with Crippen molar-refractivity contribution in [2.75, 3.05) is 12.3 Å². The maximum Gasteiger partial charge on any atom is 0.240 e. The van der Waals surface area contributed by atoms with Crippen molar-refractivity contribution in [3.63, 3.8) is 0 Å². The fourth-order valence-corrected chi connectivity index (χ4v) is 3.31. The molecule has 1 aromatic carbocycles. The van der Waals surface area contributed by atoms with Gasteiger partial charge in [0.25, 0.3) is 0 Å². The number of sulfonamides is 1. The molecule has 0 radical (unpaired) electrons. The number of hydrogen-bond acceptors (Lipinski definition) is 7. The number of anilines is 2. The lowest BCUT2D eigenvalue weighted by molar-refractivity contribution is 0.0569. The third kappa shape index (κ3) is 4.12. The summed E-state index contributed by atoms with van der Waals surface area (Å²) in [6.07, 6.45) is 3.13. The molecule has 0 saturated heterocycles. The van der Waals surface area contributed by atoms with E-state index in [1.54, 1.807) is 17.8 Å². The summed E-state index contributed by atoms with van der Waals surface area (Å²) in [7, 11) is -4.15. The first-order valence-electron chi connectivity index (χ1n) is 9.63. The quantitative estimate of drug-likeness (QED) is 0.698. The zero-order chi connectivity index (χ0) is 21.2. The summed E-state index contributed by atoms with van der Waals surface area (Å²) in [4.78, 5) is 8.32. The molecular formula is C17H22N4O4S. The van der Waals surface area contributed by atoms with Gasteiger partial charge in [0.15, 0.2) is 0 Å². The average Bonchev–Trinajstić information content (AvgIpc) is 3.01. The largest absolute Gasteiger partial charge is 0.471 e. The Labute approximate surface area is 156 Å². The molecule has 1 fully saturated rings. The van der Waals surface area contributed by atoms with Crippen molar-refractivity contribution in [1.82, 2.24) is 14.7 Å². The van der Waals surface area contributed by atoms with Crippen LogP contribution in [-0.2, 0) is 10.0 Å². The van der Waals surface area contributed by atoms with E-state index in [1.165, 1.54) is 24.3 Å². The lowest BCUT2D eigenvalue weighted by atomic mass is 10.2. The molecule has 1 heterocycles. The molecule has 140 valence electrons. The number of benzene rings is 1. The van der Waals surface area contributed by atoms with Crippen molar-refractivity contribution in [3.05, 3.63) is 36.0 Å². The number of nitrogens with zero attached hydrogens (tertiary/aromatic N) is 2. The Kier molecular flexibility index (Phi) is 4.33. The van der Waals surface area contributed by atoms with Crippen molar-refractivity contribution in [2.45, 2.75) is 43.3 Å². The zero-order valence-electron chi connectivity index (χ0n) is 17.1. The van der Waals surface area contributed by atoms with Crippen LogP contribution in [0.4, 0.5) is 11.6 Å². The van der Waals surface area contributed by atoms with E-state index >= 15 is 0 Å². The van der Waals surface area contributed by atoms with E-state index in [0.29, 0.717) is 18.0 Å². The van der Waals surface area contributed by atoms with Gasteiger partial charge in [0, 0.05) is 21.6 Å². The van der Waals surface area contributed by atoms with E-state index in [-0.39, 0.29) is 16.9 Å². The monoisotopic (exact) mass is 381 g/mol. The highest BCUT2D eigenvalue weighted by molar-refractivity contribution is 7.89. The molecule has 0 amide bonds. The van der Waals surface area contributed by atoms with Crippen LogP contribution >= 0.6 is 0 Å². The summed E-state index contributed by atoms with van der Waals surface area (Å²) in [5.41, 5.74) is 1.24. The molecule has 0 unspecified atom stereocenters. The van der Waals surface area contributed by atoms with Gasteiger partial charge in [0.2, 0.25) is 21.9 Å². The number of nitrogens with one attached hydrogen (secondary N) is 2. The van der Waals surface area contributed by atoms with E-state index < -0.39 is 23.1 Å². The Morgan fingerprint density at radius 2 is 2.08 bits per heavy atom. The highest BCUT2D eigenvalue weighted by Crippen LogP contribution is 2.26. The molecular weight excluding hydrogens is 356 g/mol. The summed E-state index contributed by atoms with van der Waals surface area (Å²) in [5.74, 6) is 0.615. The topological polar surface area (TPSA) is 113 Å². The summed E-state index contributed by atoms with van der Waals surface area (Å²) in [5, 5.41) is 12.9. The lowest BCUT2D eigenvalue weighted by Crippen LogP contribution is -2.26. The minimum Gasteiger partial charge on any atom is -0.471 e. The first-order chi connectivity index (χ1) is 13.5. The van der Waals surface area contributed by atoms with Gasteiger partial charge in [-0.15, -0.1) is 0 Å². The van der Waals surface area contributed by atoms with Gasteiger partial charge in [0.1, 0.15) is 6.10 Å². The smallest absolute Gasteiger partial charge is 0.240 e. The van der Waals surface area contributed by atoms with E-state index in [0.717, 1.165) is 18.4 Å². The van der Waals surface area contributed by atoms with E-state index in [2.05, 4.69) is 15.3 Å². The van der Waals surface area contributed by atoms with Gasteiger partial charge < -0.3 is 15.2 Å². The van der Waals surface area contributed by atoms with Crippen LogP contribution in [-0.4, -0.2) is 42.7 Å². The van der Waals surface area contributed by atoms with Crippen LogP contribution in [0.25, 0.3) is 0 Å². The number of hydrogen-bond donors (Lipinski definition) is 3. The molecule has 1 aromatic heterocycles. The van der Waals surface area contributed by atoms with Crippen LogP contribution in [0.1, 0.15) is 28.9 Å². The highest BCUT2D eigenvalue weighted by atomic mass is 32.2. The molecule has 9 heteroatoms. The standard InChI is InChI=1S/C17H22N4O4S/c1-11-10-19-17(21-16(11)25-15-5-3-4-14(15)22)20-12-6-8-13(9-7-12)26(23,24)18-2/h6-10,14-15,18,22H,3-5H2,1-2H3,(H,19,20,21)/t14-,15+/m1/s1/i2D3. The van der Waals surface area contributed by atoms with Crippen LogP contribution in [0.3, 0.4) is 0 Å². The Balaban J connectivity index is 1.72. The number of aliphatic hydroxyl groups is 1. The van der Waals surface area contributed by atoms with Crippen molar-refractivity contribution >= 4 is 21.7 Å². The summed E-state index contributed by atoms with van der Waals surface area (Å²) in [6, 6.07) is 5.49. The molecule has 2 atom stereocenters. The third-order valence-electron chi connectivity index (χ3n) is 4.16. The van der Waals surface area contributed by atoms with Crippen LogP contribution in [0, 0.1) is 6.92 Å². The fourth-order valence-electron chi connectivity index (χ4n) is 2.70. The van der Waals surface area contributed by atoms with E-state index in [4.69, 9.17) is 8.85 Å². The normalized spacial score (nSPS) is 22.3. The second-order valence-corrected chi connectivity index (χ2v) is 7.77. The third-order valence-corrected chi connectivity index (χ3v) is 5.32. The Bertz CT molecular complexity index is 968.